The summed E-state index contributed by atoms with van der Waals surface area (Å²) in [4.78, 5) is 12.6. The smallest absolute Gasteiger partial charge is 0.246 e. The second-order valence-electron chi connectivity index (χ2n) is 6.30. The average molecular weight is 362 g/mol. The molecule has 0 spiro atoms. The molecule has 1 aromatic carbocycles. The fourth-order valence-corrected chi connectivity index (χ4v) is 4.98. The van der Waals surface area contributed by atoms with Crippen LogP contribution < -0.4 is 5.32 Å². The minimum absolute atomic E-state index is 0.0566. The van der Waals surface area contributed by atoms with Crippen molar-refractivity contribution in [3.8, 4) is 0 Å². The lowest BCUT2D eigenvalue weighted by Crippen LogP contribution is -2.41. The van der Waals surface area contributed by atoms with E-state index in [1.807, 2.05) is 30.3 Å². The molecule has 1 saturated heterocycles. The van der Waals surface area contributed by atoms with E-state index in [-0.39, 0.29) is 16.7 Å². The summed E-state index contributed by atoms with van der Waals surface area (Å²) in [5, 5.41) is 9.58. The number of carbonyl (C=O) groups excluding carboxylic acids is 1. The predicted molar refractivity (Wildman–Crippen MR) is 94.6 cm³/mol. The number of nitrogens with one attached hydrogen (secondary N) is 2. The molecule has 3 rings (SSSR count). The summed E-state index contributed by atoms with van der Waals surface area (Å²) in [5.41, 5.74) is 1.77. The van der Waals surface area contributed by atoms with Gasteiger partial charge in [0.15, 0.2) is 0 Å². The number of aryl methyl sites for hydroxylation is 2. The van der Waals surface area contributed by atoms with E-state index in [4.69, 9.17) is 0 Å². The lowest BCUT2D eigenvalue weighted by Gasteiger charge is -2.30. The van der Waals surface area contributed by atoms with Crippen LogP contribution in [0.2, 0.25) is 0 Å². The van der Waals surface area contributed by atoms with Crippen LogP contribution in [0.3, 0.4) is 0 Å². The van der Waals surface area contributed by atoms with Gasteiger partial charge in [0.1, 0.15) is 4.90 Å². The first-order valence-corrected chi connectivity index (χ1v) is 9.71. The van der Waals surface area contributed by atoms with Crippen LogP contribution in [0.5, 0.6) is 0 Å². The van der Waals surface area contributed by atoms with Gasteiger partial charge in [0, 0.05) is 24.7 Å². The Morgan fingerprint density at radius 1 is 1.20 bits per heavy atom. The van der Waals surface area contributed by atoms with Gasteiger partial charge < -0.3 is 5.32 Å². The summed E-state index contributed by atoms with van der Waals surface area (Å²) < 4.78 is 27.1. The fourth-order valence-electron chi connectivity index (χ4n) is 3.17. The molecule has 0 bridgehead atoms. The van der Waals surface area contributed by atoms with Crippen molar-refractivity contribution in [2.75, 3.05) is 18.4 Å². The SMILES string of the molecule is Cc1n[nH]c(C)c1S(=O)(=O)N1CCC(C(=O)Nc2ccccc2)CC1. The van der Waals surface area contributed by atoms with Crippen LogP contribution in [0.25, 0.3) is 0 Å². The molecule has 7 nitrogen and oxygen atoms in total. The van der Waals surface area contributed by atoms with Gasteiger partial charge in [0.2, 0.25) is 15.9 Å². The van der Waals surface area contributed by atoms with Gasteiger partial charge in [-0.25, -0.2) is 8.42 Å². The van der Waals surface area contributed by atoms with Crippen molar-refractivity contribution in [3.63, 3.8) is 0 Å². The number of nitrogens with zero attached hydrogens (tertiary/aromatic N) is 2. The number of aromatic nitrogens is 2. The number of para-hydroxylation sites is 1. The minimum atomic E-state index is -3.58. The number of anilines is 1. The summed E-state index contributed by atoms with van der Waals surface area (Å²) in [5.74, 6) is -0.239. The largest absolute Gasteiger partial charge is 0.326 e. The Kier molecular flexibility index (Phi) is 4.91. The molecule has 1 amide bonds. The predicted octanol–water partition coefficient (Wildman–Crippen LogP) is 2.07. The van der Waals surface area contributed by atoms with Gasteiger partial charge in [-0.3, -0.25) is 9.89 Å². The van der Waals surface area contributed by atoms with Crippen molar-refractivity contribution in [1.29, 1.82) is 0 Å². The number of piperidine rings is 1. The zero-order valence-corrected chi connectivity index (χ0v) is 15.1. The molecule has 1 aliphatic heterocycles. The van der Waals surface area contributed by atoms with E-state index in [9.17, 15) is 13.2 Å². The minimum Gasteiger partial charge on any atom is -0.326 e. The number of amides is 1. The maximum atomic E-state index is 12.8. The van der Waals surface area contributed by atoms with Crippen LogP contribution >= 0.6 is 0 Å². The Bertz CT molecular complexity index is 834. The van der Waals surface area contributed by atoms with Gasteiger partial charge >= 0.3 is 0 Å². The third-order valence-electron chi connectivity index (χ3n) is 4.52. The second kappa shape index (κ2) is 6.97. The van der Waals surface area contributed by atoms with Crippen LogP contribution in [-0.2, 0) is 14.8 Å². The molecule has 2 N–H and O–H groups in total. The summed E-state index contributed by atoms with van der Waals surface area (Å²) >= 11 is 0. The maximum absolute atomic E-state index is 12.8. The molecular formula is C17H22N4O3S. The van der Waals surface area contributed by atoms with E-state index in [1.165, 1.54) is 4.31 Å². The Hall–Kier alpha value is -2.19. The van der Waals surface area contributed by atoms with Gasteiger partial charge in [0.25, 0.3) is 0 Å². The van der Waals surface area contributed by atoms with Crippen molar-refractivity contribution in [3.05, 3.63) is 41.7 Å². The quantitative estimate of drug-likeness (QED) is 0.870. The van der Waals surface area contributed by atoms with Gasteiger partial charge in [0.05, 0.1) is 11.4 Å². The van der Waals surface area contributed by atoms with Gasteiger partial charge in [-0.05, 0) is 38.8 Å². The van der Waals surface area contributed by atoms with Gasteiger partial charge in [-0.15, -0.1) is 0 Å². The molecule has 2 heterocycles. The normalized spacial score (nSPS) is 16.7. The van der Waals surface area contributed by atoms with E-state index >= 15 is 0 Å². The number of carbonyl (C=O) groups is 1. The lowest BCUT2D eigenvalue weighted by molar-refractivity contribution is -0.120. The summed E-state index contributed by atoms with van der Waals surface area (Å²) in [6.45, 7) is 4.04. The van der Waals surface area contributed by atoms with E-state index < -0.39 is 10.0 Å². The molecule has 1 aromatic heterocycles. The van der Waals surface area contributed by atoms with E-state index in [1.54, 1.807) is 13.8 Å². The van der Waals surface area contributed by atoms with E-state index in [0.717, 1.165) is 5.69 Å². The Morgan fingerprint density at radius 3 is 2.40 bits per heavy atom. The number of H-pyrrole nitrogens is 1. The number of benzene rings is 1. The van der Waals surface area contributed by atoms with Crippen molar-refractivity contribution < 1.29 is 13.2 Å². The highest BCUT2D eigenvalue weighted by atomic mass is 32.2. The molecule has 25 heavy (non-hydrogen) atoms. The summed E-state index contributed by atoms with van der Waals surface area (Å²) in [6, 6.07) is 9.28. The zero-order valence-electron chi connectivity index (χ0n) is 14.3. The van der Waals surface area contributed by atoms with Gasteiger partial charge in [-0.1, -0.05) is 18.2 Å². The van der Waals surface area contributed by atoms with Crippen LogP contribution in [-0.4, -0.2) is 41.9 Å². The first-order chi connectivity index (χ1) is 11.9. The first-order valence-electron chi connectivity index (χ1n) is 8.27. The number of hydrogen-bond donors (Lipinski definition) is 2. The molecular weight excluding hydrogens is 340 g/mol. The molecule has 2 aromatic rings. The molecule has 1 aliphatic rings. The Balaban J connectivity index is 1.65. The number of sulfonamides is 1. The molecule has 0 aliphatic carbocycles. The third kappa shape index (κ3) is 3.59. The van der Waals surface area contributed by atoms with Crippen LogP contribution in [0.1, 0.15) is 24.2 Å². The fraction of sp³-hybridized carbons (Fsp3) is 0.412. The van der Waals surface area contributed by atoms with Crippen molar-refractivity contribution in [2.24, 2.45) is 5.92 Å². The third-order valence-corrected chi connectivity index (χ3v) is 6.69. The van der Waals surface area contributed by atoms with Crippen molar-refractivity contribution in [1.82, 2.24) is 14.5 Å². The molecule has 0 radical (unpaired) electrons. The van der Waals surface area contributed by atoms with Crippen molar-refractivity contribution in [2.45, 2.75) is 31.6 Å². The van der Waals surface area contributed by atoms with Crippen LogP contribution in [0, 0.1) is 19.8 Å². The first kappa shape index (κ1) is 17.6. The van der Waals surface area contributed by atoms with Crippen LogP contribution in [0.15, 0.2) is 35.2 Å². The molecule has 1 fully saturated rings. The standard InChI is InChI=1S/C17H22N4O3S/c1-12-16(13(2)20-19-12)25(23,24)21-10-8-14(9-11-21)17(22)18-15-6-4-3-5-7-15/h3-7,14H,8-11H2,1-2H3,(H,18,22)(H,19,20). The summed E-state index contributed by atoms with van der Waals surface area (Å²) in [7, 11) is -3.58. The maximum Gasteiger partial charge on any atom is 0.246 e. The monoisotopic (exact) mass is 362 g/mol. The van der Waals surface area contributed by atoms with E-state index in [0.29, 0.717) is 37.3 Å². The van der Waals surface area contributed by atoms with E-state index in [2.05, 4.69) is 15.5 Å². The highest BCUT2D eigenvalue weighted by Crippen LogP contribution is 2.27. The highest BCUT2D eigenvalue weighted by molar-refractivity contribution is 7.89. The average Bonchev–Trinajstić information content (AvgIpc) is 2.95. The molecule has 0 unspecified atom stereocenters. The molecule has 134 valence electrons. The second-order valence-corrected chi connectivity index (χ2v) is 8.17. The topological polar surface area (TPSA) is 95.2 Å². The number of hydrogen-bond acceptors (Lipinski definition) is 4. The Labute approximate surface area is 147 Å². The number of rotatable bonds is 4. The molecule has 0 saturated carbocycles. The lowest BCUT2D eigenvalue weighted by atomic mass is 9.97. The number of aromatic amines is 1. The molecule has 8 heteroatoms. The van der Waals surface area contributed by atoms with Crippen molar-refractivity contribution >= 4 is 21.6 Å². The summed E-state index contributed by atoms with van der Waals surface area (Å²) in [6.07, 6.45) is 1.02. The zero-order chi connectivity index (χ0) is 18.0. The Morgan fingerprint density at radius 2 is 1.84 bits per heavy atom. The molecule has 0 atom stereocenters. The van der Waals surface area contributed by atoms with Crippen LogP contribution in [0.4, 0.5) is 5.69 Å². The van der Waals surface area contributed by atoms with Gasteiger partial charge in [-0.2, -0.15) is 9.40 Å². The highest BCUT2D eigenvalue weighted by Gasteiger charge is 2.34.